The number of thioether (sulfide) groups is 2. The molecule has 1 aromatic heterocycles. The van der Waals surface area contributed by atoms with Gasteiger partial charge in [-0.2, -0.15) is 13.2 Å². The predicted molar refractivity (Wildman–Crippen MR) is 50.6 cm³/mol. The SMILES string of the molecule is CSc1ncc(C(F)(F)F)c(SC)n1. The van der Waals surface area contributed by atoms with Crippen LogP contribution < -0.4 is 0 Å². The van der Waals surface area contributed by atoms with Gasteiger partial charge >= 0.3 is 6.18 Å². The van der Waals surface area contributed by atoms with Crippen molar-refractivity contribution in [3.8, 4) is 0 Å². The molecule has 2 nitrogen and oxygen atoms in total. The molecule has 1 heterocycles. The van der Waals surface area contributed by atoms with Crippen molar-refractivity contribution in [3.63, 3.8) is 0 Å². The van der Waals surface area contributed by atoms with Gasteiger partial charge in [-0.3, -0.25) is 0 Å². The first-order valence-electron chi connectivity index (χ1n) is 3.51. The second-order valence-corrected chi connectivity index (χ2v) is 3.85. The summed E-state index contributed by atoms with van der Waals surface area (Å²) >= 11 is 2.18. The molecule has 0 amide bonds. The average Bonchev–Trinajstić information content (AvgIpc) is 2.15. The number of rotatable bonds is 2. The Morgan fingerprint density at radius 2 is 1.86 bits per heavy atom. The molecule has 0 aromatic carbocycles. The normalized spacial score (nSPS) is 11.8. The van der Waals surface area contributed by atoms with Gasteiger partial charge in [-0.15, -0.1) is 11.8 Å². The molecule has 78 valence electrons. The van der Waals surface area contributed by atoms with E-state index < -0.39 is 11.7 Å². The fourth-order valence-electron chi connectivity index (χ4n) is 0.799. The standard InChI is InChI=1S/C7H7F3N2S2/c1-13-5-4(7(8,9)10)3-11-6(12-5)14-2/h3H,1-2H3. The number of alkyl halides is 3. The monoisotopic (exact) mass is 240 g/mol. The van der Waals surface area contributed by atoms with E-state index >= 15 is 0 Å². The Hall–Kier alpha value is -0.430. The summed E-state index contributed by atoms with van der Waals surface area (Å²) in [6, 6.07) is 0. The average molecular weight is 240 g/mol. The van der Waals surface area contributed by atoms with Crippen LogP contribution in [0, 0.1) is 0 Å². The van der Waals surface area contributed by atoms with Crippen LogP contribution in [-0.2, 0) is 6.18 Å². The van der Waals surface area contributed by atoms with Gasteiger partial charge in [0.25, 0.3) is 0 Å². The lowest BCUT2D eigenvalue weighted by atomic mass is 10.3. The Morgan fingerprint density at radius 1 is 1.21 bits per heavy atom. The molecule has 0 bridgehead atoms. The number of nitrogens with zero attached hydrogens (tertiary/aromatic N) is 2. The van der Waals surface area contributed by atoms with Gasteiger partial charge < -0.3 is 0 Å². The zero-order chi connectivity index (χ0) is 10.8. The Labute approximate surface area is 87.7 Å². The third-order valence-corrected chi connectivity index (χ3v) is 2.67. The summed E-state index contributed by atoms with van der Waals surface area (Å²) < 4.78 is 37.1. The van der Waals surface area contributed by atoms with Crippen LogP contribution in [0.25, 0.3) is 0 Å². The quantitative estimate of drug-likeness (QED) is 0.451. The van der Waals surface area contributed by atoms with Crippen molar-refractivity contribution >= 4 is 23.5 Å². The Bertz CT molecular complexity index is 327. The predicted octanol–water partition coefficient (Wildman–Crippen LogP) is 2.94. The molecule has 0 N–H and O–H groups in total. The first kappa shape index (κ1) is 11.6. The van der Waals surface area contributed by atoms with Crippen molar-refractivity contribution < 1.29 is 13.2 Å². The van der Waals surface area contributed by atoms with Crippen LogP contribution in [0.5, 0.6) is 0 Å². The zero-order valence-electron chi connectivity index (χ0n) is 7.42. The molecular formula is C7H7F3N2S2. The van der Waals surface area contributed by atoms with E-state index in [1.54, 1.807) is 12.5 Å². The molecule has 0 atom stereocenters. The molecule has 0 saturated carbocycles. The van der Waals surface area contributed by atoms with Gasteiger partial charge in [0.2, 0.25) is 0 Å². The van der Waals surface area contributed by atoms with Gasteiger partial charge in [0, 0.05) is 6.20 Å². The molecule has 14 heavy (non-hydrogen) atoms. The minimum absolute atomic E-state index is 0.0307. The number of halogens is 3. The molecule has 0 aliphatic rings. The van der Waals surface area contributed by atoms with E-state index in [0.717, 1.165) is 18.0 Å². The maximum Gasteiger partial charge on any atom is 0.420 e. The van der Waals surface area contributed by atoms with Crippen LogP contribution in [0.1, 0.15) is 5.56 Å². The van der Waals surface area contributed by atoms with E-state index in [1.807, 2.05) is 0 Å². The van der Waals surface area contributed by atoms with Crippen molar-refractivity contribution in [2.24, 2.45) is 0 Å². The van der Waals surface area contributed by atoms with Gasteiger partial charge in [-0.1, -0.05) is 11.8 Å². The van der Waals surface area contributed by atoms with Crippen molar-refractivity contribution in [2.75, 3.05) is 12.5 Å². The molecule has 0 fully saturated rings. The van der Waals surface area contributed by atoms with Crippen LogP contribution in [0.4, 0.5) is 13.2 Å². The fraction of sp³-hybridized carbons (Fsp3) is 0.429. The Balaban J connectivity index is 3.18. The third-order valence-electron chi connectivity index (χ3n) is 1.41. The highest BCUT2D eigenvalue weighted by molar-refractivity contribution is 7.99. The summed E-state index contributed by atoms with van der Waals surface area (Å²) in [5.74, 6) is 0. The summed E-state index contributed by atoms with van der Waals surface area (Å²) in [4.78, 5) is 7.36. The molecular weight excluding hydrogens is 233 g/mol. The van der Waals surface area contributed by atoms with Gasteiger partial charge in [0.15, 0.2) is 5.16 Å². The van der Waals surface area contributed by atoms with Crippen LogP contribution >= 0.6 is 23.5 Å². The summed E-state index contributed by atoms with van der Waals surface area (Å²) in [7, 11) is 0. The molecule has 1 rings (SSSR count). The number of aromatic nitrogens is 2. The minimum atomic E-state index is -4.38. The fourth-order valence-corrected chi connectivity index (χ4v) is 1.76. The van der Waals surface area contributed by atoms with Crippen LogP contribution in [0.3, 0.4) is 0 Å². The maximum atomic E-state index is 12.4. The summed E-state index contributed by atoms with van der Waals surface area (Å²) in [5.41, 5.74) is -0.775. The van der Waals surface area contributed by atoms with Crippen LogP contribution in [0.15, 0.2) is 16.4 Å². The Kier molecular flexibility index (Phi) is 3.65. The van der Waals surface area contributed by atoms with E-state index in [4.69, 9.17) is 0 Å². The van der Waals surface area contributed by atoms with E-state index in [1.165, 1.54) is 11.8 Å². The number of hydrogen-bond acceptors (Lipinski definition) is 4. The first-order chi connectivity index (χ1) is 6.49. The lowest BCUT2D eigenvalue weighted by molar-refractivity contribution is -0.140. The highest BCUT2D eigenvalue weighted by Gasteiger charge is 2.34. The molecule has 0 radical (unpaired) electrons. The lowest BCUT2D eigenvalue weighted by Gasteiger charge is -2.09. The molecule has 0 aliphatic heterocycles. The van der Waals surface area contributed by atoms with Gasteiger partial charge in [-0.25, -0.2) is 9.97 Å². The van der Waals surface area contributed by atoms with Crippen LogP contribution in [-0.4, -0.2) is 22.5 Å². The van der Waals surface area contributed by atoms with E-state index in [9.17, 15) is 13.2 Å². The molecule has 1 aromatic rings. The van der Waals surface area contributed by atoms with Gasteiger partial charge in [0.1, 0.15) is 10.6 Å². The third kappa shape index (κ3) is 2.54. The van der Waals surface area contributed by atoms with E-state index in [2.05, 4.69) is 9.97 Å². The second kappa shape index (κ2) is 4.39. The molecule has 0 spiro atoms. The van der Waals surface area contributed by atoms with Crippen molar-refractivity contribution in [2.45, 2.75) is 16.4 Å². The van der Waals surface area contributed by atoms with E-state index in [-0.39, 0.29) is 5.03 Å². The van der Waals surface area contributed by atoms with Gasteiger partial charge in [0.05, 0.1) is 0 Å². The topological polar surface area (TPSA) is 25.8 Å². The van der Waals surface area contributed by atoms with E-state index in [0.29, 0.717) is 5.16 Å². The summed E-state index contributed by atoms with van der Waals surface area (Å²) in [5, 5.41) is 0.319. The largest absolute Gasteiger partial charge is 0.420 e. The van der Waals surface area contributed by atoms with Crippen molar-refractivity contribution in [3.05, 3.63) is 11.8 Å². The van der Waals surface area contributed by atoms with Crippen LogP contribution in [0.2, 0.25) is 0 Å². The minimum Gasteiger partial charge on any atom is -0.230 e. The lowest BCUT2D eigenvalue weighted by Crippen LogP contribution is -2.09. The van der Waals surface area contributed by atoms with Crippen molar-refractivity contribution in [1.29, 1.82) is 0 Å². The second-order valence-electron chi connectivity index (χ2n) is 2.28. The zero-order valence-corrected chi connectivity index (χ0v) is 9.06. The maximum absolute atomic E-state index is 12.4. The van der Waals surface area contributed by atoms with Crippen molar-refractivity contribution in [1.82, 2.24) is 9.97 Å². The first-order valence-corrected chi connectivity index (χ1v) is 5.96. The summed E-state index contributed by atoms with van der Waals surface area (Å²) in [6.45, 7) is 0. The molecule has 0 aliphatic carbocycles. The highest BCUT2D eigenvalue weighted by Crippen LogP contribution is 2.34. The molecule has 0 unspecified atom stereocenters. The molecule has 7 heteroatoms. The smallest absolute Gasteiger partial charge is 0.230 e. The van der Waals surface area contributed by atoms with Gasteiger partial charge in [-0.05, 0) is 12.5 Å². The Morgan fingerprint density at radius 3 is 2.29 bits per heavy atom. The number of hydrogen-bond donors (Lipinski definition) is 0. The molecule has 0 saturated heterocycles. The highest BCUT2D eigenvalue weighted by atomic mass is 32.2. The summed E-state index contributed by atoms with van der Waals surface area (Å²) in [6.07, 6.45) is -0.283.